The SMILES string of the molecule is CC=CC(=O)N1CCOc2c(O)cc(-c3ccccc3C)cc2C1. The Labute approximate surface area is 142 Å². The lowest BCUT2D eigenvalue weighted by Crippen LogP contribution is -2.30. The summed E-state index contributed by atoms with van der Waals surface area (Å²) in [6, 6.07) is 11.8. The number of hydrogen-bond donors (Lipinski definition) is 1. The van der Waals surface area contributed by atoms with Gasteiger partial charge in [-0.2, -0.15) is 0 Å². The summed E-state index contributed by atoms with van der Waals surface area (Å²) in [4.78, 5) is 13.9. The zero-order valence-electron chi connectivity index (χ0n) is 14.0. The molecule has 0 spiro atoms. The lowest BCUT2D eigenvalue weighted by Gasteiger charge is -2.18. The van der Waals surface area contributed by atoms with Gasteiger partial charge in [0.2, 0.25) is 5.91 Å². The van der Waals surface area contributed by atoms with Crippen LogP contribution in [0.25, 0.3) is 11.1 Å². The number of phenols is 1. The Balaban J connectivity index is 2.03. The number of phenolic OH excluding ortho intramolecular Hbond substituents is 1. The molecule has 0 fully saturated rings. The van der Waals surface area contributed by atoms with Crippen molar-refractivity contribution < 1.29 is 14.6 Å². The molecule has 1 heterocycles. The lowest BCUT2D eigenvalue weighted by atomic mass is 9.98. The molecular weight excluding hydrogens is 302 g/mol. The summed E-state index contributed by atoms with van der Waals surface area (Å²) < 4.78 is 5.69. The molecule has 2 aromatic carbocycles. The van der Waals surface area contributed by atoms with Crippen molar-refractivity contribution in [1.29, 1.82) is 0 Å². The normalized spacial score (nSPS) is 14.2. The second kappa shape index (κ2) is 6.79. The predicted octanol–water partition coefficient (Wildman–Crippen LogP) is 3.66. The number of ether oxygens (including phenoxy) is 1. The van der Waals surface area contributed by atoms with Crippen LogP contribution >= 0.6 is 0 Å². The first-order valence-corrected chi connectivity index (χ1v) is 8.06. The molecule has 0 atom stereocenters. The number of aryl methyl sites for hydroxylation is 1. The summed E-state index contributed by atoms with van der Waals surface area (Å²) in [5.74, 6) is 0.545. The van der Waals surface area contributed by atoms with Gasteiger partial charge in [0.1, 0.15) is 6.61 Å². The highest BCUT2D eigenvalue weighted by atomic mass is 16.5. The average molecular weight is 323 g/mol. The van der Waals surface area contributed by atoms with Crippen molar-refractivity contribution in [2.24, 2.45) is 0 Å². The Morgan fingerprint density at radius 1 is 1.29 bits per heavy atom. The van der Waals surface area contributed by atoms with Crippen molar-refractivity contribution in [2.75, 3.05) is 13.2 Å². The third kappa shape index (κ3) is 3.13. The van der Waals surface area contributed by atoms with Gasteiger partial charge in [-0.3, -0.25) is 4.79 Å². The van der Waals surface area contributed by atoms with Crippen LogP contribution in [-0.2, 0) is 11.3 Å². The van der Waals surface area contributed by atoms with Gasteiger partial charge in [-0.15, -0.1) is 0 Å². The van der Waals surface area contributed by atoms with Gasteiger partial charge in [0.25, 0.3) is 0 Å². The number of amides is 1. The molecule has 3 rings (SSSR count). The minimum atomic E-state index is -0.0465. The van der Waals surface area contributed by atoms with E-state index in [0.29, 0.717) is 25.4 Å². The van der Waals surface area contributed by atoms with Gasteiger partial charge < -0.3 is 14.7 Å². The molecule has 24 heavy (non-hydrogen) atoms. The molecule has 0 radical (unpaired) electrons. The van der Waals surface area contributed by atoms with Gasteiger partial charge in [-0.05, 0) is 48.7 Å². The Bertz CT molecular complexity index is 795. The molecular formula is C20H21NO3. The zero-order valence-corrected chi connectivity index (χ0v) is 14.0. The van der Waals surface area contributed by atoms with Crippen LogP contribution in [0, 0.1) is 6.92 Å². The van der Waals surface area contributed by atoms with Gasteiger partial charge >= 0.3 is 0 Å². The van der Waals surface area contributed by atoms with Gasteiger partial charge in [0, 0.05) is 12.1 Å². The maximum absolute atomic E-state index is 12.2. The standard InChI is InChI=1S/C20H21NO3/c1-3-6-19(23)21-9-10-24-20-16(13-21)11-15(12-18(20)22)17-8-5-4-7-14(17)2/h3-8,11-12,22H,9-10,13H2,1-2H3. The van der Waals surface area contributed by atoms with E-state index in [1.165, 1.54) is 0 Å². The van der Waals surface area contributed by atoms with Crippen LogP contribution in [0.3, 0.4) is 0 Å². The minimum Gasteiger partial charge on any atom is -0.504 e. The number of carbonyl (C=O) groups is 1. The summed E-state index contributed by atoms with van der Waals surface area (Å²) in [5.41, 5.74) is 3.94. The summed E-state index contributed by atoms with van der Waals surface area (Å²) in [6.45, 7) is 5.15. The van der Waals surface area contributed by atoms with Crippen molar-refractivity contribution in [1.82, 2.24) is 4.90 Å². The summed E-state index contributed by atoms with van der Waals surface area (Å²) in [6.07, 6.45) is 3.28. The van der Waals surface area contributed by atoms with E-state index in [1.807, 2.05) is 44.2 Å². The number of nitrogens with zero attached hydrogens (tertiary/aromatic N) is 1. The maximum Gasteiger partial charge on any atom is 0.246 e. The molecule has 1 amide bonds. The highest BCUT2D eigenvalue weighted by Gasteiger charge is 2.22. The molecule has 1 aliphatic heterocycles. The van der Waals surface area contributed by atoms with Crippen LogP contribution in [0.15, 0.2) is 48.6 Å². The summed E-state index contributed by atoms with van der Waals surface area (Å²) in [7, 11) is 0. The van der Waals surface area contributed by atoms with Crippen molar-refractivity contribution in [3.63, 3.8) is 0 Å². The van der Waals surface area contributed by atoms with Gasteiger partial charge in [-0.1, -0.05) is 30.3 Å². The van der Waals surface area contributed by atoms with Gasteiger partial charge in [0.05, 0.1) is 6.54 Å². The summed E-state index contributed by atoms with van der Waals surface area (Å²) >= 11 is 0. The van der Waals surface area contributed by atoms with E-state index in [4.69, 9.17) is 4.74 Å². The van der Waals surface area contributed by atoms with Crippen LogP contribution in [0.5, 0.6) is 11.5 Å². The minimum absolute atomic E-state index is 0.0465. The fourth-order valence-electron chi connectivity index (χ4n) is 2.99. The fourth-order valence-corrected chi connectivity index (χ4v) is 2.99. The second-order valence-electron chi connectivity index (χ2n) is 5.91. The van der Waals surface area contributed by atoms with E-state index in [0.717, 1.165) is 22.3 Å². The van der Waals surface area contributed by atoms with Crippen LogP contribution in [0.4, 0.5) is 0 Å². The molecule has 0 saturated carbocycles. The van der Waals surface area contributed by atoms with Crippen molar-refractivity contribution in [2.45, 2.75) is 20.4 Å². The molecule has 2 aromatic rings. The molecule has 1 N–H and O–H groups in total. The Kier molecular flexibility index (Phi) is 4.56. The topological polar surface area (TPSA) is 49.8 Å². The number of carbonyl (C=O) groups excluding carboxylic acids is 1. The van der Waals surface area contributed by atoms with E-state index < -0.39 is 0 Å². The van der Waals surface area contributed by atoms with E-state index >= 15 is 0 Å². The van der Waals surface area contributed by atoms with Crippen LogP contribution in [-0.4, -0.2) is 29.1 Å². The monoisotopic (exact) mass is 323 g/mol. The number of hydrogen-bond acceptors (Lipinski definition) is 3. The third-order valence-electron chi connectivity index (χ3n) is 4.19. The first-order chi connectivity index (χ1) is 11.6. The van der Waals surface area contributed by atoms with Crippen LogP contribution in [0.2, 0.25) is 0 Å². The lowest BCUT2D eigenvalue weighted by molar-refractivity contribution is -0.126. The third-order valence-corrected chi connectivity index (χ3v) is 4.19. The molecule has 0 aromatic heterocycles. The molecule has 4 heteroatoms. The van der Waals surface area contributed by atoms with Crippen molar-refractivity contribution in [3.8, 4) is 22.6 Å². The Morgan fingerprint density at radius 2 is 2.08 bits per heavy atom. The number of benzene rings is 2. The molecule has 0 saturated heterocycles. The van der Waals surface area contributed by atoms with Gasteiger partial charge in [0.15, 0.2) is 11.5 Å². The smallest absolute Gasteiger partial charge is 0.246 e. The Morgan fingerprint density at radius 3 is 2.83 bits per heavy atom. The van der Waals surface area contributed by atoms with E-state index in [2.05, 4.69) is 0 Å². The zero-order chi connectivity index (χ0) is 17.1. The van der Waals surface area contributed by atoms with Crippen molar-refractivity contribution in [3.05, 3.63) is 59.7 Å². The first kappa shape index (κ1) is 16.1. The van der Waals surface area contributed by atoms with E-state index in [9.17, 15) is 9.90 Å². The van der Waals surface area contributed by atoms with Gasteiger partial charge in [-0.25, -0.2) is 0 Å². The van der Waals surface area contributed by atoms with Crippen LogP contribution < -0.4 is 4.74 Å². The summed E-state index contributed by atoms with van der Waals surface area (Å²) in [5, 5.41) is 10.4. The predicted molar refractivity (Wildman–Crippen MR) is 94.0 cm³/mol. The highest BCUT2D eigenvalue weighted by Crippen LogP contribution is 2.38. The Hall–Kier alpha value is -2.75. The molecule has 4 nitrogen and oxygen atoms in total. The van der Waals surface area contributed by atoms with E-state index in [1.54, 1.807) is 23.1 Å². The average Bonchev–Trinajstić information content (AvgIpc) is 2.78. The number of rotatable bonds is 2. The maximum atomic E-state index is 12.2. The molecule has 0 bridgehead atoms. The molecule has 0 unspecified atom stereocenters. The fraction of sp³-hybridized carbons (Fsp3) is 0.250. The van der Waals surface area contributed by atoms with Crippen LogP contribution in [0.1, 0.15) is 18.1 Å². The molecule has 1 aliphatic rings. The molecule has 0 aliphatic carbocycles. The van der Waals surface area contributed by atoms with Crippen molar-refractivity contribution >= 4 is 5.91 Å². The molecule has 124 valence electrons. The highest BCUT2D eigenvalue weighted by molar-refractivity contribution is 5.87. The second-order valence-corrected chi connectivity index (χ2v) is 5.91. The number of allylic oxidation sites excluding steroid dienone is 1. The largest absolute Gasteiger partial charge is 0.504 e. The quantitative estimate of drug-likeness (QED) is 0.858. The first-order valence-electron chi connectivity index (χ1n) is 8.06. The number of aromatic hydroxyl groups is 1. The van der Waals surface area contributed by atoms with E-state index in [-0.39, 0.29) is 11.7 Å². The number of fused-ring (bicyclic) bond motifs is 1.